The SMILES string of the molecule is NC(=O)CN1CCCN(S(=O)(=O)c2cccnc2Cl)CC1. The Morgan fingerprint density at radius 2 is 2.10 bits per heavy atom. The highest BCUT2D eigenvalue weighted by Crippen LogP contribution is 2.23. The average molecular weight is 333 g/mol. The van der Waals surface area contributed by atoms with E-state index in [1.807, 2.05) is 4.90 Å². The van der Waals surface area contributed by atoms with Crippen LogP contribution in [0.2, 0.25) is 5.15 Å². The number of carbonyl (C=O) groups excluding carboxylic acids is 1. The summed E-state index contributed by atoms with van der Waals surface area (Å²) >= 11 is 5.88. The summed E-state index contributed by atoms with van der Waals surface area (Å²) in [4.78, 5) is 16.6. The molecular weight excluding hydrogens is 316 g/mol. The quantitative estimate of drug-likeness (QED) is 0.778. The highest BCUT2D eigenvalue weighted by molar-refractivity contribution is 7.89. The summed E-state index contributed by atoms with van der Waals surface area (Å²) in [5.41, 5.74) is 5.17. The largest absolute Gasteiger partial charge is 0.369 e. The average Bonchev–Trinajstić information content (AvgIpc) is 2.64. The Morgan fingerprint density at radius 3 is 2.76 bits per heavy atom. The molecule has 0 aliphatic carbocycles. The predicted molar refractivity (Wildman–Crippen MR) is 78.3 cm³/mol. The molecule has 1 aromatic heterocycles. The van der Waals surface area contributed by atoms with Gasteiger partial charge >= 0.3 is 0 Å². The third kappa shape index (κ3) is 3.91. The molecule has 9 heteroatoms. The number of nitrogens with zero attached hydrogens (tertiary/aromatic N) is 3. The minimum atomic E-state index is -3.67. The van der Waals surface area contributed by atoms with Crippen LogP contribution in [0.3, 0.4) is 0 Å². The predicted octanol–water partition coefficient (Wildman–Crippen LogP) is -0.0833. The van der Waals surface area contributed by atoms with E-state index in [0.717, 1.165) is 0 Å². The fourth-order valence-electron chi connectivity index (χ4n) is 2.27. The van der Waals surface area contributed by atoms with E-state index in [0.29, 0.717) is 32.6 Å². The van der Waals surface area contributed by atoms with Gasteiger partial charge in [0.05, 0.1) is 6.54 Å². The Kier molecular flexibility index (Phi) is 5.15. The molecule has 1 amide bonds. The van der Waals surface area contributed by atoms with Crippen molar-refractivity contribution < 1.29 is 13.2 Å². The van der Waals surface area contributed by atoms with Crippen molar-refractivity contribution in [2.24, 2.45) is 5.73 Å². The topological polar surface area (TPSA) is 96.6 Å². The number of rotatable bonds is 4. The second-order valence-electron chi connectivity index (χ2n) is 4.79. The number of sulfonamides is 1. The first-order valence-electron chi connectivity index (χ1n) is 6.52. The van der Waals surface area contributed by atoms with Crippen molar-refractivity contribution in [2.75, 3.05) is 32.7 Å². The van der Waals surface area contributed by atoms with Crippen LogP contribution in [0, 0.1) is 0 Å². The summed E-state index contributed by atoms with van der Waals surface area (Å²) in [5.74, 6) is -0.415. The Hall–Kier alpha value is -1.22. The van der Waals surface area contributed by atoms with Gasteiger partial charge in [-0.3, -0.25) is 9.69 Å². The molecule has 2 heterocycles. The highest BCUT2D eigenvalue weighted by atomic mass is 35.5. The van der Waals surface area contributed by atoms with Crippen molar-refractivity contribution in [3.63, 3.8) is 0 Å². The lowest BCUT2D eigenvalue weighted by molar-refractivity contribution is -0.119. The number of primary amides is 1. The number of amides is 1. The van der Waals surface area contributed by atoms with E-state index >= 15 is 0 Å². The lowest BCUT2D eigenvalue weighted by Gasteiger charge is -2.21. The van der Waals surface area contributed by atoms with Gasteiger partial charge in [0.1, 0.15) is 10.0 Å². The van der Waals surface area contributed by atoms with E-state index in [2.05, 4.69) is 4.98 Å². The molecule has 0 spiro atoms. The fourth-order valence-corrected chi connectivity index (χ4v) is 4.17. The molecule has 1 saturated heterocycles. The van der Waals surface area contributed by atoms with Gasteiger partial charge in [0.25, 0.3) is 0 Å². The maximum atomic E-state index is 12.6. The first-order valence-corrected chi connectivity index (χ1v) is 8.34. The van der Waals surface area contributed by atoms with Gasteiger partial charge in [0.15, 0.2) is 0 Å². The lowest BCUT2D eigenvalue weighted by Crippen LogP contribution is -2.38. The second kappa shape index (κ2) is 6.69. The minimum absolute atomic E-state index is 0.00928. The maximum Gasteiger partial charge on any atom is 0.246 e. The number of aromatic nitrogens is 1. The van der Waals surface area contributed by atoms with Crippen molar-refractivity contribution >= 4 is 27.5 Å². The van der Waals surface area contributed by atoms with E-state index in [1.54, 1.807) is 0 Å². The van der Waals surface area contributed by atoms with E-state index < -0.39 is 15.9 Å². The van der Waals surface area contributed by atoms with Crippen molar-refractivity contribution in [2.45, 2.75) is 11.3 Å². The molecule has 1 aliphatic heterocycles. The molecule has 2 rings (SSSR count). The molecule has 0 bridgehead atoms. The van der Waals surface area contributed by atoms with Crippen LogP contribution < -0.4 is 5.73 Å². The fraction of sp³-hybridized carbons (Fsp3) is 0.500. The number of carbonyl (C=O) groups is 1. The minimum Gasteiger partial charge on any atom is -0.369 e. The van der Waals surface area contributed by atoms with Crippen molar-refractivity contribution in [1.82, 2.24) is 14.2 Å². The molecule has 0 atom stereocenters. The smallest absolute Gasteiger partial charge is 0.246 e. The monoisotopic (exact) mass is 332 g/mol. The molecule has 1 aromatic rings. The molecule has 116 valence electrons. The van der Waals surface area contributed by atoms with Crippen LogP contribution in [0.15, 0.2) is 23.2 Å². The third-order valence-corrected chi connectivity index (χ3v) is 5.61. The number of nitrogens with two attached hydrogens (primary N) is 1. The Bertz CT molecular complexity index is 623. The number of pyridine rings is 1. The molecular formula is C12H17ClN4O3S. The zero-order valence-corrected chi connectivity index (χ0v) is 13.0. The molecule has 21 heavy (non-hydrogen) atoms. The summed E-state index contributed by atoms with van der Waals surface area (Å²) in [6.07, 6.45) is 2.07. The van der Waals surface area contributed by atoms with Crippen LogP contribution >= 0.6 is 11.6 Å². The molecule has 0 unspecified atom stereocenters. The van der Waals surface area contributed by atoms with Gasteiger partial charge < -0.3 is 5.73 Å². The normalized spacial score (nSPS) is 18.3. The van der Waals surface area contributed by atoms with Gasteiger partial charge in [-0.05, 0) is 25.1 Å². The highest BCUT2D eigenvalue weighted by Gasteiger charge is 2.29. The zero-order chi connectivity index (χ0) is 15.5. The van der Waals surface area contributed by atoms with E-state index in [-0.39, 0.29) is 16.6 Å². The summed E-state index contributed by atoms with van der Waals surface area (Å²) in [5, 5.41) is -0.0317. The van der Waals surface area contributed by atoms with Crippen LogP contribution in [0.1, 0.15) is 6.42 Å². The molecule has 0 saturated carbocycles. The van der Waals surface area contributed by atoms with Crippen molar-refractivity contribution in [3.8, 4) is 0 Å². The molecule has 1 fully saturated rings. The first kappa shape index (κ1) is 16.2. The van der Waals surface area contributed by atoms with Crippen molar-refractivity contribution in [3.05, 3.63) is 23.5 Å². The van der Waals surface area contributed by atoms with Crippen molar-refractivity contribution in [1.29, 1.82) is 0 Å². The number of halogens is 1. The Balaban J connectivity index is 2.15. The summed E-state index contributed by atoms with van der Waals surface area (Å²) < 4.78 is 26.5. The van der Waals surface area contributed by atoms with Gasteiger partial charge in [-0.25, -0.2) is 13.4 Å². The second-order valence-corrected chi connectivity index (χ2v) is 7.06. The van der Waals surface area contributed by atoms with Crippen LogP contribution in [0.5, 0.6) is 0 Å². The summed E-state index contributed by atoms with van der Waals surface area (Å²) in [6.45, 7) is 1.90. The molecule has 7 nitrogen and oxygen atoms in total. The number of hydrogen-bond acceptors (Lipinski definition) is 5. The maximum absolute atomic E-state index is 12.6. The van der Waals surface area contributed by atoms with Crippen LogP contribution in [0.25, 0.3) is 0 Å². The Morgan fingerprint density at radius 1 is 1.33 bits per heavy atom. The molecule has 2 N–H and O–H groups in total. The summed E-state index contributed by atoms with van der Waals surface area (Å²) in [7, 11) is -3.67. The van der Waals surface area contributed by atoms with Gasteiger partial charge in [0.2, 0.25) is 15.9 Å². The van der Waals surface area contributed by atoms with Gasteiger partial charge in [-0.15, -0.1) is 0 Å². The third-order valence-electron chi connectivity index (χ3n) is 3.27. The lowest BCUT2D eigenvalue weighted by atomic mass is 10.4. The van der Waals surface area contributed by atoms with Crippen LogP contribution in [-0.4, -0.2) is 61.2 Å². The molecule has 0 radical (unpaired) electrons. The standard InChI is InChI=1S/C12H17ClN4O3S/c13-12-10(3-1-4-15-12)21(19,20)17-6-2-5-16(7-8-17)9-11(14)18/h1,3-4H,2,5-9H2,(H2,14,18). The Labute approximate surface area is 128 Å². The first-order chi connectivity index (χ1) is 9.91. The molecule has 0 aromatic carbocycles. The van der Waals surface area contributed by atoms with Crippen LogP contribution in [0.4, 0.5) is 0 Å². The van der Waals surface area contributed by atoms with Gasteiger partial charge in [0, 0.05) is 25.8 Å². The molecule has 1 aliphatic rings. The van der Waals surface area contributed by atoms with Gasteiger partial charge in [-0.1, -0.05) is 11.6 Å². The number of hydrogen-bond donors (Lipinski definition) is 1. The van der Waals surface area contributed by atoms with E-state index in [1.165, 1.54) is 22.6 Å². The summed E-state index contributed by atoms with van der Waals surface area (Å²) in [6, 6.07) is 2.98. The van der Waals surface area contributed by atoms with E-state index in [4.69, 9.17) is 17.3 Å². The zero-order valence-electron chi connectivity index (χ0n) is 11.4. The van der Waals surface area contributed by atoms with E-state index in [9.17, 15) is 13.2 Å². The van der Waals surface area contributed by atoms with Gasteiger partial charge in [-0.2, -0.15) is 4.31 Å². The van der Waals surface area contributed by atoms with Crippen LogP contribution in [-0.2, 0) is 14.8 Å².